The molecular weight excluding hydrogens is 434 g/mol. The number of nitrogens with zero attached hydrogens (tertiary/aromatic N) is 3. The second-order valence-corrected chi connectivity index (χ2v) is 15.6. The number of rotatable bonds is 24. The van der Waals surface area contributed by atoms with Crippen molar-refractivity contribution in [2.24, 2.45) is 5.41 Å². The van der Waals surface area contributed by atoms with Gasteiger partial charge in [0.1, 0.15) is 0 Å². The van der Waals surface area contributed by atoms with Crippen molar-refractivity contribution in [1.82, 2.24) is 14.7 Å². The zero-order valence-electron chi connectivity index (χ0n) is 25.2. The SMILES string of the molecule is CCCN(CCC)CC(CC[Si](CC)(CC)OC)(CN(CCC)CCC)CN(CCC)CCC. The predicted octanol–water partition coefficient (Wildman–Crippen LogP) is 7.36. The molecule has 34 heavy (non-hydrogen) atoms. The molecule has 0 N–H and O–H groups in total. The standard InChI is InChI=1S/C29H65N3OSi/c1-10-19-30(20-11-2)26-29(27-31(21-12-3)22-13-4,28-32(23-14-5)24-15-6)18-25-34(16-7,17-8)33-9/h10-28H2,1-9H3. The molecule has 4 nitrogen and oxygen atoms in total. The monoisotopic (exact) mass is 499 g/mol. The van der Waals surface area contributed by atoms with Crippen molar-refractivity contribution in [3.05, 3.63) is 0 Å². The first kappa shape index (κ1) is 34.1. The van der Waals surface area contributed by atoms with Gasteiger partial charge < -0.3 is 19.1 Å². The summed E-state index contributed by atoms with van der Waals surface area (Å²) in [6, 6.07) is 3.79. The van der Waals surface area contributed by atoms with Crippen LogP contribution in [0.5, 0.6) is 0 Å². The van der Waals surface area contributed by atoms with E-state index in [9.17, 15) is 0 Å². The normalized spacial score (nSPS) is 13.1. The summed E-state index contributed by atoms with van der Waals surface area (Å²) in [5, 5.41) is 0. The highest BCUT2D eigenvalue weighted by Gasteiger charge is 2.39. The predicted molar refractivity (Wildman–Crippen MR) is 157 cm³/mol. The molecule has 0 atom stereocenters. The molecule has 0 aromatic carbocycles. The van der Waals surface area contributed by atoms with E-state index >= 15 is 0 Å². The largest absolute Gasteiger partial charge is 0.420 e. The third-order valence-corrected chi connectivity index (χ3v) is 12.4. The van der Waals surface area contributed by atoms with Crippen LogP contribution in [-0.2, 0) is 4.43 Å². The van der Waals surface area contributed by atoms with Crippen LogP contribution in [0.4, 0.5) is 0 Å². The zero-order valence-corrected chi connectivity index (χ0v) is 26.2. The van der Waals surface area contributed by atoms with Crippen molar-refractivity contribution in [2.75, 3.05) is 66.0 Å². The van der Waals surface area contributed by atoms with Gasteiger partial charge in [-0.3, -0.25) is 0 Å². The summed E-state index contributed by atoms with van der Waals surface area (Å²) in [5.74, 6) is 0. The number of hydrogen-bond donors (Lipinski definition) is 0. The maximum absolute atomic E-state index is 6.33. The fourth-order valence-electron chi connectivity index (χ4n) is 6.00. The van der Waals surface area contributed by atoms with Crippen LogP contribution in [0.2, 0.25) is 18.1 Å². The highest BCUT2D eigenvalue weighted by Crippen LogP contribution is 2.35. The van der Waals surface area contributed by atoms with Gasteiger partial charge in [-0.2, -0.15) is 0 Å². The number of hydrogen-bond acceptors (Lipinski definition) is 4. The van der Waals surface area contributed by atoms with Crippen LogP contribution in [-0.4, -0.2) is 89.0 Å². The van der Waals surface area contributed by atoms with Crippen LogP contribution in [0.25, 0.3) is 0 Å². The van der Waals surface area contributed by atoms with Crippen LogP contribution in [0.3, 0.4) is 0 Å². The Labute approximate surface area is 217 Å². The minimum Gasteiger partial charge on any atom is -0.420 e. The van der Waals surface area contributed by atoms with Crippen LogP contribution < -0.4 is 0 Å². The third kappa shape index (κ3) is 12.8. The average molecular weight is 500 g/mol. The van der Waals surface area contributed by atoms with Gasteiger partial charge in [0.2, 0.25) is 0 Å². The summed E-state index contributed by atoms with van der Waals surface area (Å²) in [7, 11) is 0.355. The Bertz CT molecular complexity index is 387. The molecule has 0 unspecified atom stereocenters. The molecular formula is C29H65N3OSi. The van der Waals surface area contributed by atoms with E-state index in [0.29, 0.717) is 5.41 Å². The van der Waals surface area contributed by atoms with Crippen LogP contribution in [0.15, 0.2) is 0 Å². The molecule has 0 spiro atoms. The Kier molecular flexibility index (Phi) is 20.2. The molecule has 0 heterocycles. The van der Waals surface area contributed by atoms with Crippen molar-refractivity contribution in [3.63, 3.8) is 0 Å². The fourth-order valence-corrected chi connectivity index (χ4v) is 8.98. The highest BCUT2D eigenvalue weighted by molar-refractivity contribution is 6.73. The minimum atomic E-state index is -1.65. The fraction of sp³-hybridized carbons (Fsp3) is 1.00. The highest BCUT2D eigenvalue weighted by atomic mass is 28.4. The molecule has 0 radical (unpaired) electrons. The lowest BCUT2D eigenvalue weighted by atomic mass is 9.82. The van der Waals surface area contributed by atoms with Gasteiger partial charge in [0.25, 0.3) is 0 Å². The van der Waals surface area contributed by atoms with Gasteiger partial charge in [-0.15, -0.1) is 0 Å². The molecule has 0 aliphatic carbocycles. The van der Waals surface area contributed by atoms with E-state index in [-0.39, 0.29) is 0 Å². The quantitative estimate of drug-likeness (QED) is 0.129. The van der Waals surface area contributed by atoms with Crippen molar-refractivity contribution >= 4 is 8.32 Å². The van der Waals surface area contributed by atoms with E-state index in [0.717, 1.165) is 0 Å². The summed E-state index contributed by atoms with van der Waals surface area (Å²) in [5.41, 5.74) is 0.306. The molecule has 0 amide bonds. The van der Waals surface area contributed by atoms with Crippen molar-refractivity contribution in [1.29, 1.82) is 0 Å². The first-order valence-electron chi connectivity index (χ1n) is 15.1. The molecule has 206 valence electrons. The third-order valence-electron chi connectivity index (χ3n) is 7.75. The Morgan fingerprint density at radius 2 is 0.824 bits per heavy atom. The Balaban J connectivity index is 6.32. The summed E-state index contributed by atoms with van der Waals surface area (Å²) in [4.78, 5) is 8.42. The van der Waals surface area contributed by atoms with E-state index in [1.54, 1.807) is 0 Å². The molecule has 0 rings (SSSR count). The van der Waals surface area contributed by atoms with Crippen molar-refractivity contribution in [3.8, 4) is 0 Å². The summed E-state index contributed by atoms with van der Waals surface area (Å²) in [6.45, 7) is 29.9. The van der Waals surface area contributed by atoms with E-state index < -0.39 is 8.32 Å². The summed E-state index contributed by atoms with van der Waals surface area (Å²) >= 11 is 0. The molecule has 0 fully saturated rings. The van der Waals surface area contributed by atoms with Crippen molar-refractivity contribution < 1.29 is 4.43 Å². The molecule has 0 aromatic heterocycles. The lowest BCUT2D eigenvalue weighted by Crippen LogP contribution is -2.53. The maximum atomic E-state index is 6.33. The summed E-state index contributed by atoms with van der Waals surface area (Å²) in [6.07, 6.45) is 8.80. The summed E-state index contributed by atoms with van der Waals surface area (Å²) < 4.78 is 6.33. The van der Waals surface area contributed by atoms with Crippen LogP contribution in [0, 0.1) is 5.41 Å². The Morgan fingerprint density at radius 1 is 0.529 bits per heavy atom. The molecule has 0 saturated carbocycles. The maximum Gasteiger partial charge on any atom is 0.191 e. The van der Waals surface area contributed by atoms with E-state index in [4.69, 9.17) is 4.43 Å². The van der Waals surface area contributed by atoms with E-state index in [2.05, 4.69) is 70.1 Å². The van der Waals surface area contributed by atoms with Gasteiger partial charge in [0, 0.05) is 32.2 Å². The first-order valence-corrected chi connectivity index (χ1v) is 17.6. The molecule has 0 aliphatic rings. The Morgan fingerprint density at radius 3 is 1.03 bits per heavy atom. The molecule has 0 saturated heterocycles. The van der Waals surface area contributed by atoms with Gasteiger partial charge in [-0.1, -0.05) is 55.4 Å². The van der Waals surface area contributed by atoms with Crippen molar-refractivity contribution in [2.45, 2.75) is 118 Å². The first-order chi connectivity index (χ1) is 16.4. The topological polar surface area (TPSA) is 19.0 Å². The van der Waals surface area contributed by atoms with Crippen LogP contribution in [0.1, 0.15) is 100 Å². The molecule has 0 bridgehead atoms. The average Bonchev–Trinajstić information content (AvgIpc) is 2.81. The van der Waals surface area contributed by atoms with Gasteiger partial charge in [0.05, 0.1) is 0 Å². The van der Waals surface area contributed by atoms with E-state index in [1.165, 1.54) is 122 Å². The van der Waals surface area contributed by atoms with E-state index in [1.807, 2.05) is 7.11 Å². The lowest BCUT2D eigenvalue weighted by Gasteiger charge is -2.46. The molecule has 0 aromatic rings. The van der Waals surface area contributed by atoms with Gasteiger partial charge in [-0.05, 0) is 102 Å². The van der Waals surface area contributed by atoms with Gasteiger partial charge >= 0.3 is 0 Å². The second kappa shape index (κ2) is 20.2. The lowest BCUT2D eigenvalue weighted by molar-refractivity contribution is 0.0479. The molecule has 0 aliphatic heterocycles. The zero-order chi connectivity index (χ0) is 25.9. The van der Waals surface area contributed by atoms with Crippen LogP contribution >= 0.6 is 0 Å². The Hall–Kier alpha value is 0.0569. The van der Waals surface area contributed by atoms with Gasteiger partial charge in [0.15, 0.2) is 8.32 Å². The minimum absolute atomic E-state index is 0.306. The molecule has 5 heteroatoms. The van der Waals surface area contributed by atoms with Gasteiger partial charge in [-0.25, -0.2) is 0 Å². The smallest absolute Gasteiger partial charge is 0.191 e. The second-order valence-electron chi connectivity index (χ2n) is 10.9.